The van der Waals surface area contributed by atoms with Gasteiger partial charge in [0.1, 0.15) is 10.8 Å². The van der Waals surface area contributed by atoms with Crippen LogP contribution in [0.15, 0.2) is 110 Å². The molecule has 1 fully saturated rings. The van der Waals surface area contributed by atoms with Crippen molar-refractivity contribution in [3.63, 3.8) is 0 Å². The molecule has 0 atom stereocenters. The van der Waals surface area contributed by atoms with Crippen LogP contribution in [-0.2, 0) is 0 Å². The van der Waals surface area contributed by atoms with E-state index in [9.17, 15) is 0 Å². The minimum Gasteiger partial charge on any atom is -0.494 e. The minimum absolute atomic E-state index is 0.742. The van der Waals surface area contributed by atoms with Crippen molar-refractivity contribution in [2.45, 2.75) is 71.6 Å². The normalized spacial score (nSPS) is 13.9. The summed E-state index contributed by atoms with van der Waals surface area (Å²) in [6.45, 7) is 7.26. The number of benzene rings is 3. The van der Waals surface area contributed by atoms with E-state index >= 15 is 0 Å². The van der Waals surface area contributed by atoms with E-state index in [1.54, 1.807) is 11.3 Å². The molecule has 1 aromatic heterocycles. The molecule has 0 aliphatic carbocycles. The maximum absolute atomic E-state index is 5.86. The average Bonchev–Trinajstić information content (AvgIpc) is 3.56. The summed E-state index contributed by atoms with van der Waals surface area (Å²) < 4.78 is 5.86. The summed E-state index contributed by atoms with van der Waals surface area (Å²) in [7, 11) is 0. The van der Waals surface area contributed by atoms with Crippen LogP contribution < -0.4 is 9.64 Å². The number of azo groups is 3. The van der Waals surface area contributed by atoms with E-state index in [-0.39, 0.29) is 0 Å². The van der Waals surface area contributed by atoms with Crippen LogP contribution in [-0.4, -0.2) is 19.7 Å². The largest absolute Gasteiger partial charge is 0.494 e. The van der Waals surface area contributed by atoms with Crippen LogP contribution in [0.3, 0.4) is 0 Å². The maximum atomic E-state index is 5.86. The number of thiophene rings is 1. The van der Waals surface area contributed by atoms with Gasteiger partial charge >= 0.3 is 0 Å². The van der Waals surface area contributed by atoms with Crippen molar-refractivity contribution >= 4 is 49.8 Å². The zero-order valence-electron chi connectivity index (χ0n) is 26.4. The SMILES string of the molecule is CCCCCCCCOc1ccc(N=Nc2ccc(N=Nc3ccc(N=Nc4ccc(N5CCCCC5)s4)cc3C)cc2)cc1. The third kappa shape index (κ3) is 10.4. The molecule has 45 heavy (non-hydrogen) atoms. The first-order chi connectivity index (χ1) is 22.2. The molecule has 1 aliphatic heterocycles. The lowest BCUT2D eigenvalue weighted by molar-refractivity contribution is 0.304. The second-order valence-electron chi connectivity index (χ2n) is 11.4. The predicted octanol–water partition coefficient (Wildman–Crippen LogP) is 13.0. The van der Waals surface area contributed by atoms with Gasteiger partial charge in [-0.3, -0.25) is 0 Å². The van der Waals surface area contributed by atoms with Gasteiger partial charge in [-0.1, -0.05) is 50.4 Å². The van der Waals surface area contributed by atoms with Crippen molar-refractivity contribution in [2.24, 2.45) is 30.7 Å². The van der Waals surface area contributed by atoms with E-state index in [1.807, 2.05) is 79.7 Å². The lowest BCUT2D eigenvalue weighted by atomic mass is 10.1. The van der Waals surface area contributed by atoms with Crippen molar-refractivity contribution in [2.75, 3.05) is 24.6 Å². The summed E-state index contributed by atoms with van der Waals surface area (Å²) in [4.78, 5) is 2.45. The molecule has 8 nitrogen and oxygen atoms in total. The summed E-state index contributed by atoms with van der Waals surface area (Å²) >= 11 is 1.69. The number of nitrogens with zero attached hydrogens (tertiary/aromatic N) is 7. The maximum Gasteiger partial charge on any atom is 0.140 e. The van der Waals surface area contributed by atoms with Gasteiger partial charge in [0.15, 0.2) is 0 Å². The van der Waals surface area contributed by atoms with Gasteiger partial charge in [-0.15, -0.1) is 10.2 Å². The Morgan fingerprint density at radius 3 is 1.91 bits per heavy atom. The Bertz CT molecular complexity index is 1560. The van der Waals surface area contributed by atoms with Crippen molar-refractivity contribution in [1.82, 2.24) is 0 Å². The highest BCUT2D eigenvalue weighted by Crippen LogP contribution is 2.35. The monoisotopic (exact) mass is 621 g/mol. The third-order valence-electron chi connectivity index (χ3n) is 7.70. The smallest absolute Gasteiger partial charge is 0.140 e. The van der Waals surface area contributed by atoms with Gasteiger partial charge in [0.05, 0.1) is 40.0 Å². The van der Waals surface area contributed by atoms with E-state index in [2.05, 4.69) is 48.6 Å². The zero-order chi connectivity index (χ0) is 31.1. The highest BCUT2D eigenvalue weighted by Gasteiger charge is 2.12. The highest BCUT2D eigenvalue weighted by molar-refractivity contribution is 7.19. The quantitative estimate of drug-likeness (QED) is 0.0976. The second kappa shape index (κ2) is 17.3. The first-order valence-corrected chi connectivity index (χ1v) is 17.0. The standard InChI is InChI=1S/C36H43N7OS/c1-3-4-5-6-7-11-26-44-33-19-16-31(17-20-33)38-37-29-12-14-30(15-13-29)39-41-34-21-18-32(27-28(34)2)40-42-35-22-23-36(45-35)43-24-9-8-10-25-43/h12-23,27H,3-11,24-26H2,1-2H3. The third-order valence-corrected chi connectivity index (χ3v) is 8.73. The van der Waals surface area contributed by atoms with Gasteiger partial charge < -0.3 is 9.64 Å². The summed E-state index contributed by atoms with van der Waals surface area (Å²) in [5, 5.41) is 28.7. The van der Waals surface area contributed by atoms with Crippen LogP contribution in [0.4, 0.5) is 38.4 Å². The van der Waals surface area contributed by atoms with Gasteiger partial charge in [0.25, 0.3) is 0 Å². The molecule has 0 bridgehead atoms. The lowest BCUT2D eigenvalue weighted by Gasteiger charge is -2.26. The molecule has 4 aromatic rings. The topological polar surface area (TPSA) is 86.6 Å². The van der Waals surface area contributed by atoms with Crippen molar-refractivity contribution in [3.05, 3.63) is 84.4 Å². The molecule has 0 saturated carbocycles. The Labute approximate surface area is 271 Å². The minimum atomic E-state index is 0.742. The van der Waals surface area contributed by atoms with E-state index in [1.165, 1.54) is 56.4 Å². The number of aryl methyl sites for hydroxylation is 1. The Hall–Kier alpha value is -4.24. The van der Waals surface area contributed by atoms with Crippen LogP contribution in [0.1, 0.15) is 70.3 Å². The van der Waals surface area contributed by atoms with Crippen LogP contribution >= 0.6 is 11.3 Å². The number of anilines is 1. The average molecular weight is 622 g/mol. The number of hydrogen-bond acceptors (Lipinski definition) is 9. The molecule has 5 rings (SSSR count). The van der Waals surface area contributed by atoms with E-state index in [0.717, 1.165) is 70.9 Å². The van der Waals surface area contributed by atoms with Crippen molar-refractivity contribution < 1.29 is 4.74 Å². The molecule has 0 radical (unpaired) electrons. The molecule has 0 spiro atoms. The summed E-state index contributed by atoms with van der Waals surface area (Å²) in [5.41, 5.74) is 4.84. The highest BCUT2D eigenvalue weighted by atomic mass is 32.1. The van der Waals surface area contributed by atoms with Crippen LogP contribution in [0.2, 0.25) is 0 Å². The molecular formula is C36H43N7OS. The summed E-state index contributed by atoms with van der Waals surface area (Å²) in [6.07, 6.45) is 11.4. The van der Waals surface area contributed by atoms with Gasteiger partial charge in [0, 0.05) is 13.1 Å². The van der Waals surface area contributed by atoms with E-state index in [4.69, 9.17) is 4.74 Å². The zero-order valence-corrected chi connectivity index (χ0v) is 27.3. The molecule has 9 heteroatoms. The molecule has 3 aromatic carbocycles. The number of ether oxygens (including phenoxy) is 1. The van der Waals surface area contributed by atoms with Gasteiger partial charge in [-0.25, -0.2) is 0 Å². The molecule has 1 saturated heterocycles. The fourth-order valence-electron chi connectivity index (χ4n) is 5.07. The van der Waals surface area contributed by atoms with Gasteiger partial charge in [-0.2, -0.15) is 20.5 Å². The van der Waals surface area contributed by atoms with Gasteiger partial charge in [0.2, 0.25) is 0 Å². The molecule has 0 N–H and O–H groups in total. The second-order valence-corrected chi connectivity index (χ2v) is 12.4. The van der Waals surface area contributed by atoms with E-state index in [0.29, 0.717) is 0 Å². The van der Waals surface area contributed by atoms with Gasteiger partial charge in [-0.05, 0) is 117 Å². The lowest BCUT2D eigenvalue weighted by Crippen LogP contribution is -2.28. The number of unbranched alkanes of at least 4 members (excludes halogenated alkanes) is 5. The first kappa shape index (κ1) is 32.2. The predicted molar refractivity (Wildman–Crippen MR) is 186 cm³/mol. The summed E-state index contributed by atoms with van der Waals surface area (Å²) in [6, 6.07) is 25.3. The molecule has 234 valence electrons. The van der Waals surface area contributed by atoms with E-state index < -0.39 is 0 Å². The Kier molecular flexibility index (Phi) is 12.4. The Morgan fingerprint density at radius 2 is 1.22 bits per heavy atom. The molecule has 2 heterocycles. The first-order valence-electron chi connectivity index (χ1n) is 16.2. The van der Waals surface area contributed by atoms with Crippen LogP contribution in [0.5, 0.6) is 5.75 Å². The van der Waals surface area contributed by atoms with Crippen LogP contribution in [0, 0.1) is 6.92 Å². The number of piperidine rings is 1. The van der Waals surface area contributed by atoms with Crippen molar-refractivity contribution in [3.8, 4) is 5.75 Å². The molecule has 0 unspecified atom stereocenters. The fourth-order valence-corrected chi connectivity index (χ4v) is 5.95. The number of rotatable bonds is 15. The van der Waals surface area contributed by atoms with Crippen LogP contribution in [0.25, 0.3) is 0 Å². The Morgan fingerprint density at radius 1 is 0.622 bits per heavy atom. The molecular weight excluding hydrogens is 579 g/mol. The Balaban J connectivity index is 1.08. The summed E-state index contributed by atoms with van der Waals surface area (Å²) in [5.74, 6) is 0.867. The fraction of sp³-hybridized carbons (Fsp3) is 0.389. The molecule has 0 amide bonds. The molecule has 1 aliphatic rings. The van der Waals surface area contributed by atoms with Crippen molar-refractivity contribution in [1.29, 1.82) is 0 Å². The number of hydrogen-bond donors (Lipinski definition) is 0.